The van der Waals surface area contributed by atoms with Crippen LogP contribution in [0.5, 0.6) is 0 Å². The number of hydrogen-bond acceptors (Lipinski definition) is 0. The molecule has 1 aromatic carbocycles. The second-order valence-corrected chi connectivity index (χ2v) is 4.62. The standard InChI is InChI=1S/C7HCl3F4/c8-7(9,10)4-5(13)2(11)1-3(12)6(4)14/h1H. The van der Waals surface area contributed by atoms with Crippen molar-refractivity contribution < 1.29 is 17.6 Å². The van der Waals surface area contributed by atoms with Gasteiger partial charge in [0.25, 0.3) is 0 Å². The van der Waals surface area contributed by atoms with Gasteiger partial charge >= 0.3 is 0 Å². The van der Waals surface area contributed by atoms with E-state index >= 15 is 0 Å². The molecule has 0 saturated carbocycles. The molecule has 0 aromatic heterocycles. The normalized spacial score (nSPS) is 11.9. The third kappa shape index (κ3) is 2.07. The van der Waals surface area contributed by atoms with Crippen molar-refractivity contribution >= 4 is 34.8 Å². The highest BCUT2D eigenvalue weighted by Gasteiger charge is 2.34. The van der Waals surface area contributed by atoms with Crippen molar-refractivity contribution in [2.45, 2.75) is 3.79 Å². The number of alkyl halides is 3. The first-order valence-electron chi connectivity index (χ1n) is 3.15. The second kappa shape index (κ2) is 3.76. The summed E-state index contributed by atoms with van der Waals surface area (Å²) in [6.07, 6.45) is 0. The maximum atomic E-state index is 12.9. The Morgan fingerprint density at radius 1 is 0.857 bits per heavy atom. The highest BCUT2D eigenvalue weighted by atomic mass is 35.6. The van der Waals surface area contributed by atoms with Crippen molar-refractivity contribution in [3.8, 4) is 0 Å². The molecule has 1 rings (SSSR count). The molecule has 7 heteroatoms. The fraction of sp³-hybridized carbons (Fsp3) is 0.143. The minimum absolute atomic E-state index is 0.0323. The van der Waals surface area contributed by atoms with Gasteiger partial charge in [0, 0.05) is 6.07 Å². The summed E-state index contributed by atoms with van der Waals surface area (Å²) in [7, 11) is 0. The molecule has 0 nitrogen and oxygen atoms in total. The van der Waals surface area contributed by atoms with Gasteiger partial charge in [0.1, 0.15) is 0 Å². The van der Waals surface area contributed by atoms with Crippen molar-refractivity contribution in [1.82, 2.24) is 0 Å². The average molecular weight is 267 g/mol. The molecule has 78 valence electrons. The van der Waals surface area contributed by atoms with E-state index in [2.05, 4.69) is 0 Å². The fourth-order valence-electron chi connectivity index (χ4n) is 0.822. The molecule has 0 atom stereocenters. The van der Waals surface area contributed by atoms with Crippen LogP contribution in [0.1, 0.15) is 5.56 Å². The molecule has 0 fully saturated rings. The van der Waals surface area contributed by atoms with Crippen LogP contribution >= 0.6 is 34.8 Å². The van der Waals surface area contributed by atoms with Gasteiger partial charge in [-0.25, -0.2) is 17.6 Å². The fourth-order valence-corrected chi connectivity index (χ4v) is 1.32. The monoisotopic (exact) mass is 266 g/mol. The molecule has 0 spiro atoms. The number of halogens is 7. The van der Waals surface area contributed by atoms with Crippen molar-refractivity contribution in [1.29, 1.82) is 0 Å². The minimum Gasteiger partial charge on any atom is -0.204 e. The molecule has 0 unspecified atom stereocenters. The smallest absolute Gasteiger partial charge is 0.204 e. The summed E-state index contributed by atoms with van der Waals surface area (Å²) in [6, 6.07) is 0.0323. The lowest BCUT2D eigenvalue weighted by molar-refractivity contribution is 0.440. The quantitative estimate of drug-likeness (QED) is 0.378. The maximum absolute atomic E-state index is 12.9. The van der Waals surface area contributed by atoms with Crippen molar-refractivity contribution in [3.63, 3.8) is 0 Å². The number of benzene rings is 1. The molecule has 0 radical (unpaired) electrons. The Morgan fingerprint density at radius 2 is 1.21 bits per heavy atom. The Balaban J connectivity index is 3.56. The Morgan fingerprint density at radius 3 is 1.50 bits per heavy atom. The van der Waals surface area contributed by atoms with Crippen LogP contribution < -0.4 is 0 Å². The zero-order valence-electron chi connectivity index (χ0n) is 6.22. The van der Waals surface area contributed by atoms with E-state index in [9.17, 15) is 17.6 Å². The van der Waals surface area contributed by atoms with Crippen LogP contribution in [0, 0.1) is 23.3 Å². The molecular weight excluding hydrogens is 266 g/mol. The first-order chi connectivity index (χ1) is 6.25. The highest BCUT2D eigenvalue weighted by Crippen LogP contribution is 2.42. The molecule has 0 saturated heterocycles. The van der Waals surface area contributed by atoms with Gasteiger partial charge in [-0.2, -0.15) is 0 Å². The van der Waals surface area contributed by atoms with Crippen LogP contribution in [-0.4, -0.2) is 0 Å². The van der Waals surface area contributed by atoms with Crippen LogP contribution in [0.15, 0.2) is 6.07 Å². The van der Waals surface area contributed by atoms with E-state index in [0.29, 0.717) is 0 Å². The zero-order valence-corrected chi connectivity index (χ0v) is 8.49. The molecule has 0 aliphatic carbocycles. The van der Waals surface area contributed by atoms with Gasteiger partial charge in [-0.1, -0.05) is 34.8 Å². The molecule has 0 bridgehead atoms. The first kappa shape index (κ1) is 11.9. The minimum atomic E-state index is -2.56. The Bertz CT molecular complexity index is 346. The van der Waals surface area contributed by atoms with Gasteiger partial charge in [0.05, 0.1) is 5.56 Å². The van der Waals surface area contributed by atoms with Crippen LogP contribution in [0.3, 0.4) is 0 Å². The van der Waals surface area contributed by atoms with E-state index in [-0.39, 0.29) is 6.07 Å². The second-order valence-electron chi connectivity index (χ2n) is 2.34. The lowest BCUT2D eigenvalue weighted by atomic mass is 10.2. The molecule has 14 heavy (non-hydrogen) atoms. The molecule has 0 N–H and O–H groups in total. The SMILES string of the molecule is Fc1cc(F)c(F)c(C(Cl)(Cl)Cl)c1F. The van der Waals surface area contributed by atoms with Crippen LogP contribution in [0.2, 0.25) is 0 Å². The van der Waals surface area contributed by atoms with Crippen molar-refractivity contribution in [2.24, 2.45) is 0 Å². The number of rotatable bonds is 0. The Hall–Kier alpha value is -0.190. The van der Waals surface area contributed by atoms with E-state index in [1.54, 1.807) is 0 Å². The van der Waals surface area contributed by atoms with E-state index in [1.165, 1.54) is 0 Å². The Kier molecular flexibility index (Phi) is 3.19. The lowest BCUT2D eigenvalue weighted by Crippen LogP contribution is -2.11. The van der Waals surface area contributed by atoms with Gasteiger partial charge < -0.3 is 0 Å². The van der Waals surface area contributed by atoms with Gasteiger partial charge in [0.2, 0.25) is 3.79 Å². The van der Waals surface area contributed by atoms with E-state index < -0.39 is 32.6 Å². The summed E-state index contributed by atoms with van der Waals surface area (Å²) in [4.78, 5) is 0. The zero-order chi connectivity index (χ0) is 11.1. The predicted molar refractivity (Wildman–Crippen MR) is 45.5 cm³/mol. The third-order valence-corrected chi connectivity index (χ3v) is 1.96. The summed E-state index contributed by atoms with van der Waals surface area (Å²) in [6.45, 7) is 0. The van der Waals surface area contributed by atoms with Gasteiger partial charge in [-0.05, 0) is 0 Å². The van der Waals surface area contributed by atoms with E-state index in [4.69, 9.17) is 34.8 Å². The molecule has 0 amide bonds. The van der Waals surface area contributed by atoms with Gasteiger partial charge in [-0.3, -0.25) is 0 Å². The van der Waals surface area contributed by atoms with Crippen LogP contribution in [0.25, 0.3) is 0 Å². The van der Waals surface area contributed by atoms with E-state index in [1.807, 2.05) is 0 Å². The van der Waals surface area contributed by atoms with Gasteiger partial charge in [0.15, 0.2) is 23.3 Å². The van der Waals surface area contributed by atoms with Crippen LogP contribution in [0.4, 0.5) is 17.6 Å². The predicted octanol–water partition coefficient (Wildman–Crippen LogP) is 4.07. The molecular formula is C7HCl3F4. The Labute approximate surface area is 91.4 Å². The van der Waals surface area contributed by atoms with Crippen LogP contribution in [-0.2, 0) is 3.79 Å². The molecule has 0 aliphatic rings. The average Bonchev–Trinajstić information content (AvgIpc) is 1.98. The summed E-state index contributed by atoms with van der Waals surface area (Å²) >= 11 is 15.4. The molecule has 0 heterocycles. The number of hydrogen-bond donors (Lipinski definition) is 0. The largest absolute Gasteiger partial charge is 0.221 e. The van der Waals surface area contributed by atoms with Crippen molar-refractivity contribution in [2.75, 3.05) is 0 Å². The lowest BCUT2D eigenvalue weighted by Gasteiger charge is -2.13. The van der Waals surface area contributed by atoms with Gasteiger partial charge in [-0.15, -0.1) is 0 Å². The third-order valence-electron chi connectivity index (χ3n) is 1.40. The molecule has 0 aliphatic heterocycles. The summed E-state index contributed by atoms with van der Waals surface area (Å²) in [5.74, 6) is -6.68. The summed E-state index contributed by atoms with van der Waals surface area (Å²) < 4.78 is 48.4. The van der Waals surface area contributed by atoms with Crippen molar-refractivity contribution in [3.05, 3.63) is 34.9 Å². The first-order valence-corrected chi connectivity index (χ1v) is 4.28. The molecule has 1 aromatic rings. The summed E-state index contributed by atoms with van der Waals surface area (Å²) in [5.41, 5.74) is -1.26. The maximum Gasteiger partial charge on any atom is 0.221 e. The van der Waals surface area contributed by atoms with E-state index in [0.717, 1.165) is 0 Å². The topological polar surface area (TPSA) is 0 Å². The summed E-state index contributed by atoms with van der Waals surface area (Å²) in [5, 5.41) is 0. The highest BCUT2D eigenvalue weighted by molar-refractivity contribution is 6.66.